The van der Waals surface area contributed by atoms with Crippen LogP contribution in [0.4, 0.5) is 5.95 Å². The number of hydrogen-bond donors (Lipinski definition) is 0. The lowest BCUT2D eigenvalue weighted by molar-refractivity contribution is 0.0725. The minimum Gasteiger partial charge on any atom is -0.336 e. The van der Waals surface area contributed by atoms with E-state index >= 15 is 0 Å². The van der Waals surface area contributed by atoms with Gasteiger partial charge in [-0.15, -0.1) is 0 Å². The number of benzene rings is 1. The lowest BCUT2D eigenvalue weighted by atomic mass is 10.1. The Hall–Kier alpha value is -3.55. The van der Waals surface area contributed by atoms with Crippen molar-refractivity contribution in [1.82, 2.24) is 24.4 Å². The lowest BCUT2D eigenvalue weighted by Crippen LogP contribution is -2.55. The Kier molecular flexibility index (Phi) is 5.31. The fourth-order valence-electron chi connectivity index (χ4n) is 3.68. The molecule has 2 aromatic heterocycles. The van der Waals surface area contributed by atoms with Crippen molar-refractivity contribution in [3.63, 3.8) is 0 Å². The number of rotatable bonds is 3. The van der Waals surface area contributed by atoms with Crippen LogP contribution in [0.3, 0.4) is 0 Å². The average molecular weight is 404 g/mol. The van der Waals surface area contributed by atoms with Crippen LogP contribution in [-0.2, 0) is 7.05 Å². The van der Waals surface area contributed by atoms with Crippen molar-refractivity contribution in [2.24, 2.45) is 7.05 Å². The zero-order valence-electron chi connectivity index (χ0n) is 17.3. The van der Waals surface area contributed by atoms with Crippen molar-refractivity contribution in [2.75, 3.05) is 24.5 Å². The van der Waals surface area contributed by atoms with E-state index in [1.807, 2.05) is 43.0 Å². The Morgan fingerprint density at radius 2 is 1.87 bits per heavy atom. The van der Waals surface area contributed by atoms with E-state index in [-0.39, 0.29) is 17.5 Å². The molecule has 1 aliphatic rings. The van der Waals surface area contributed by atoms with Crippen molar-refractivity contribution in [1.29, 1.82) is 0 Å². The number of aromatic nitrogens is 4. The molecule has 0 spiro atoms. The molecule has 8 heteroatoms. The molecule has 0 radical (unpaired) electrons. The zero-order chi connectivity index (χ0) is 21.3. The fraction of sp³-hybridized carbons (Fsp3) is 0.318. The minimum atomic E-state index is -0.154. The topological polar surface area (TPSA) is 84.2 Å². The van der Waals surface area contributed by atoms with Crippen LogP contribution in [0.25, 0.3) is 11.4 Å². The molecule has 0 saturated carbocycles. The molecule has 1 saturated heterocycles. The number of amides is 1. The van der Waals surface area contributed by atoms with Gasteiger partial charge in [0.1, 0.15) is 6.33 Å². The molecule has 3 heterocycles. The number of carbonyl (C=O) groups is 1. The van der Waals surface area contributed by atoms with E-state index in [0.717, 1.165) is 5.56 Å². The Morgan fingerprint density at radius 3 is 2.53 bits per heavy atom. The van der Waals surface area contributed by atoms with Gasteiger partial charge in [-0.1, -0.05) is 17.7 Å². The summed E-state index contributed by atoms with van der Waals surface area (Å²) >= 11 is 0. The van der Waals surface area contributed by atoms with E-state index in [0.29, 0.717) is 42.5 Å². The van der Waals surface area contributed by atoms with Crippen LogP contribution < -0.4 is 10.5 Å². The molecule has 1 fully saturated rings. The van der Waals surface area contributed by atoms with Gasteiger partial charge in [0.05, 0.1) is 11.4 Å². The predicted molar refractivity (Wildman–Crippen MR) is 114 cm³/mol. The van der Waals surface area contributed by atoms with Gasteiger partial charge in [0, 0.05) is 50.6 Å². The summed E-state index contributed by atoms with van der Waals surface area (Å²) in [6.45, 7) is 5.75. The standard InChI is InChI=1S/C22H24N6O2/c1-15-4-6-17(7-5-15)21(30)27-10-11-28(16(2)13-27)22-25-19(12-20(29)26(22)3)18-8-9-23-14-24-18/h4-9,12,14,16H,10-11,13H2,1-3H3/t16-/m1/s1. The van der Waals surface area contributed by atoms with E-state index in [2.05, 4.69) is 14.9 Å². The molecule has 1 aliphatic heterocycles. The number of aryl methyl sites for hydroxylation is 1. The smallest absolute Gasteiger partial charge is 0.255 e. The zero-order valence-corrected chi connectivity index (χ0v) is 17.3. The SMILES string of the molecule is Cc1ccc(C(=O)N2CCN(c3nc(-c4ccncn4)cc(=O)n3C)[C@H](C)C2)cc1. The van der Waals surface area contributed by atoms with E-state index in [9.17, 15) is 9.59 Å². The van der Waals surface area contributed by atoms with Crippen LogP contribution in [0.5, 0.6) is 0 Å². The van der Waals surface area contributed by atoms with Gasteiger partial charge in [0.2, 0.25) is 5.95 Å². The highest BCUT2D eigenvalue weighted by Gasteiger charge is 2.29. The second-order valence-electron chi connectivity index (χ2n) is 7.59. The fourth-order valence-corrected chi connectivity index (χ4v) is 3.68. The number of nitrogens with zero attached hydrogens (tertiary/aromatic N) is 6. The van der Waals surface area contributed by atoms with Crippen LogP contribution in [0.1, 0.15) is 22.8 Å². The summed E-state index contributed by atoms with van der Waals surface area (Å²) in [6, 6.07) is 10.8. The minimum absolute atomic E-state index is 0.00639. The first-order valence-electron chi connectivity index (χ1n) is 9.91. The predicted octanol–water partition coefficient (Wildman–Crippen LogP) is 1.90. The van der Waals surface area contributed by atoms with Crippen molar-refractivity contribution >= 4 is 11.9 Å². The highest BCUT2D eigenvalue weighted by Crippen LogP contribution is 2.21. The summed E-state index contributed by atoms with van der Waals surface area (Å²) in [4.78, 5) is 42.2. The Balaban J connectivity index is 1.58. The molecule has 1 atom stereocenters. The molecule has 154 valence electrons. The molecular weight excluding hydrogens is 380 g/mol. The molecule has 0 unspecified atom stereocenters. The largest absolute Gasteiger partial charge is 0.336 e. The maximum atomic E-state index is 12.9. The van der Waals surface area contributed by atoms with Crippen molar-refractivity contribution in [3.05, 3.63) is 70.4 Å². The molecule has 3 aromatic rings. The van der Waals surface area contributed by atoms with E-state index in [1.54, 1.807) is 23.9 Å². The maximum absolute atomic E-state index is 12.9. The molecule has 1 amide bonds. The molecule has 4 rings (SSSR count). The van der Waals surface area contributed by atoms with Gasteiger partial charge in [-0.25, -0.2) is 15.0 Å². The highest BCUT2D eigenvalue weighted by molar-refractivity contribution is 5.94. The van der Waals surface area contributed by atoms with Crippen LogP contribution in [0.15, 0.2) is 53.7 Å². The van der Waals surface area contributed by atoms with Crippen LogP contribution >= 0.6 is 0 Å². The normalized spacial score (nSPS) is 16.6. The first-order valence-corrected chi connectivity index (χ1v) is 9.91. The first-order chi connectivity index (χ1) is 14.4. The van der Waals surface area contributed by atoms with Gasteiger partial charge in [-0.3, -0.25) is 14.2 Å². The van der Waals surface area contributed by atoms with Gasteiger partial charge in [-0.2, -0.15) is 0 Å². The van der Waals surface area contributed by atoms with Gasteiger partial charge in [0.25, 0.3) is 11.5 Å². The van der Waals surface area contributed by atoms with Gasteiger partial charge >= 0.3 is 0 Å². The highest BCUT2D eigenvalue weighted by atomic mass is 16.2. The summed E-state index contributed by atoms with van der Waals surface area (Å²) in [7, 11) is 1.71. The van der Waals surface area contributed by atoms with Crippen molar-refractivity contribution < 1.29 is 4.79 Å². The average Bonchev–Trinajstić information content (AvgIpc) is 2.76. The molecule has 0 aliphatic carbocycles. The van der Waals surface area contributed by atoms with E-state index in [1.165, 1.54) is 12.4 Å². The number of carbonyl (C=O) groups excluding carboxylic acids is 1. The van der Waals surface area contributed by atoms with E-state index in [4.69, 9.17) is 4.98 Å². The number of piperazine rings is 1. The molecule has 1 aromatic carbocycles. The first kappa shape index (κ1) is 19.8. The molecule has 0 N–H and O–H groups in total. The van der Waals surface area contributed by atoms with Crippen molar-refractivity contribution in [2.45, 2.75) is 19.9 Å². The molecule has 0 bridgehead atoms. The Bertz CT molecular complexity index is 1110. The van der Waals surface area contributed by atoms with Gasteiger partial charge in [-0.05, 0) is 32.0 Å². The third kappa shape index (κ3) is 3.80. The summed E-state index contributed by atoms with van der Waals surface area (Å²) in [5, 5.41) is 0. The van der Waals surface area contributed by atoms with Crippen LogP contribution in [0, 0.1) is 6.92 Å². The summed E-state index contributed by atoms with van der Waals surface area (Å²) in [5.41, 5.74) is 2.78. The second-order valence-corrected chi connectivity index (χ2v) is 7.59. The Morgan fingerprint density at radius 1 is 1.10 bits per heavy atom. The third-order valence-electron chi connectivity index (χ3n) is 5.43. The third-order valence-corrected chi connectivity index (χ3v) is 5.43. The molecule has 8 nitrogen and oxygen atoms in total. The van der Waals surface area contributed by atoms with E-state index < -0.39 is 0 Å². The summed E-state index contributed by atoms with van der Waals surface area (Å²) in [6.07, 6.45) is 3.06. The maximum Gasteiger partial charge on any atom is 0.255 e. The summed E-state index contributed by atoms with van der Waals surface area (Å²) < 4.78 is 1.54. The lowest BCUT2D eigenvalue weighted by Gasteiger charge is -2.40. The van der Waals surface area contributed by atoms with Crippen LogP contribution in [-0.4, -0.2) is 56.0 Å². The quantitative estimate of drug-likeness (QED) is 0.663. The van der Waals surface area contributed by atoms with Gasteiger partial charge in [0.15, 0.2) is 0 Å². The number of anilines is 1. The molecular formula is C22H24N6O2. The van der Waals surface area contributed by atoms with Crippen LogP contribution in [0.2, 0.25) is 0 Å². The van der Waals surface area contributed by atoms with Crippen molar-refractivity contribution in [3.8, 4) is 11.4 Å². The molecule has 30 heavy (non-hydrogen) atoms. The van der Waals surface area contributed by atoms with Gasteiger partial charge < -0.3 is 9.80 Å². The number of hydrogen-bond acceptors (Lipinski definition) is 6. The second kappa shape index (κ2) is 8.06. The Labute approximate surface area is 174 Å². The monoisotopic (exact) mass is 404 g/mol. The summed E-state index contributed by atoms with van der Waals surface area (Å²) in [5.74, 6) is 0.601.